The fourth-order valence-electron chi connectivity index (χ4n) is 2.33. The molecule has 0 saturated carbocycles. The lowest BCUT2D eigenvalue weighted by atomic mass is 10.3. The number of anilines is 1. The van der Waals surface area contributed by atoms with Crippen molar-refractivity contribution in [3.05, 3.63) is 69.2 Å². The molecule has 140 valence electrons. The van der Waals surface area contributed by atoms with E-state index in [0.29, 0.717) is 40.7 Å². The maximum absolute atomic E-state index is 11.9. The van der Waals surface area contributed by atoms with E-state index in [1.165, 1.54) is 4.68 Å². The van der Waals surface area contributed by atoms with Gasteiger partial charge in [-0.05, 0) is 40.5 Å². The van der Waals surface area contributed by atoms with E-state index in [0.717, 1.165) is 5.56 Å². The molecule has 0 fully saturated rings. The van der Waals surface area contributed by atoms with E-state index in [-0.39, 0.29) is 5.56 Å². The number of hydrogen-bond acceptors (Lipinski definition) is 6. The molecule has 0 aliphatic rings. The summed E-state index contributed by atoms with van der Waals surface area (Å²) in [5.41, 5.74) is 1.37. The third-order valence-corrected chi connectivity index (χ3v) is 4.49. The van der Waals surface area contributed by atoms with Crippen LogP contribution in [0.2, 0.25) is 0 Å². The Morgan fingerprint density at radius 2 is 1.93 bits per heavy atom. The Hall–Kier alpha value is -2.87. The molecule has 0 atom stereocenters. The van der Waals surface area contributed by atoms with Gasteiger partial charge in [-0.3, -0.25) is 4.79 Å². The van der Waals surface area contributed by atoms with Gasteiger partial charge in [0.05, 0.1) is 18.5 Å². The summed E-state index contributed by atoms with van der Waals surface area (Å²) in [5.74, 6) is 1.77. The minimum absolute atomic E-state index is 0.199. The standard InChI is InChI=1S/C19H19BrN4O3/c1-3-26-15-6-4-5-7-16(15)27-17-9-8-13(11-22-17)10-21-14-12-23-24(2)19(25)18(14)20/h4-9,11-12,21H,3,10H2,1-2H3. The summed E-state index contributed by atoms with van der Waals surface area (Å²) in [4.78, 5) is 16.2. The predicted molar refractivity (Wildman–Crippen MR) is 106 cm³/mol. The molecule has 7 nitrogen and oxygen atoms in total. The van der Waals surface area contributed by atoms with Gasteiger partial charge >= 0.3 is 0 Å². The van der Waals surface area contributed by atoms with Crippen LogP contribution in [0.5, 0.6) is 17.4 Å². The van der Waals surface area contributed by atoms with Crippen molar-refractivity contribution in [3.8, 4) is 17.4 Å². The summed E-state index contributed by atoms with van der Waals surface area (Å²) >= 11 is 3.29. The summed E-state index contributed by atoms with van der Waals surface area (Å²) in [5, 5.41) is 7.17. The van der Waals surface area contributed by atoms with Gasteiger partial charge in [0.2, 0.25) is 5.88 Å². The van der Waals surface area contributed by atoms with E-state index in [4.69, 9.17) is 9.47 Å². The highest BCUT2D eigenvalue weighted by Crippen LogP contribution is 2.30. The Kier molecular flexibility index (Phi) is 6.08. The number of ether oxygens (including phenoxy) is 2. The van der Waals surface area contributed by atoms with Gasteiger partial charge in [-0.15, -0.1) is 0 Å². The molecule has 2 heterocycles. The van der Waals surface area contributed by atoms with Crippen LogP contribution in [0, 0.1) is 0 Å². The third-order valence-electron chi connectivity index (χ3n) is 3.72. The topological polar surface area (TPSA) is 78.3 Å². The minimum Gasteiger partial charge on any atom is -0.490 e. The van der Waals surface area contributed by atoms with Gasteiger partial charge < -0.3 is 14.8 Å². The first kappa shape index (κ1) is 18.9. The Morgan fingerprint density at radius 3 is 2.63 bits per heavy atom. The quantitative estimate of drug-likeness (QED) is 0.614. The molecule has 0 radical (unpaired) electrons. The highest BCUT2D eigenvalue weighted by Gasteiger charge is 2.08. The zero-order chi connectivity index (χ0) is 19.2. The van der Waals surface area contributed by atoms with E-state index in [1.54, 1.807) is 25.5 Å². The Balaban J connectivity index is 1.66. The predicted octanol–water partition coefficient (Wildman–Crippen LogP) is 3.74. The van der Waals surface area contributed by atoms with Gasteiger partial charge in [0.15, 0.2) is 11.5 Å². The maximum atomic E-state index is 11.9. The van der Waals surface area contributed by atoms with E-state index in [1.807, 2.05) is 37.3 Å². The summed E-state index contributed by atoms with van der Waals surface area (Å²) < 4.78 is 13.1. The summed E-state index contributed by atoms with van der Waals surface area (Å²) in [6.45, 7) is 2.98. The van der Waals surface area contributed by atoms with Gasteiger partial charge in [-0.25, -0.2) is 9.67 Å². The molecule has 0 amide bonds. The van der Waals surface area contributed by atoms with Crippen LogP contribution < -0.4 is 20.3 Å². The number of aromatic nitrogens is 3. The fraction of sp³-hybridized carbons (Fsp3) is 0.211. The van der Waals surface area contributed by atoms with Crippen molar-refractivity contribution in [3.63, 3.8) is 0 Å². The molecular weight excluding hydrogens is 412 g/mol. The molecule has 3 aromatic rings. The number of nitrogens with one attached hydrogen (secondary N) is 1. The average molecular weight is 431 g/mol. The first-order chi connectivity index (χ1) is 13.1. The minimum atomic E-state index is -0.199. The van der Waals surface area contributed by atoms with Crippen LogP contribution in [0.1, 0.15) is 12.5 Å². The number of benzene rings is 1. The van der Waals surface area contributed by atoms with Crippen molar-refractivity contribution in [1.29, 1.82) is 0 Å². The molecule has 1 N–H and O–H groups in total. The molecule has 8 heteroatoms. The molecule has 2 aromatic heterocycles. The highest BCUT2D eigenvalue weighted by molar-refractivity contribution is 9.10. The van der Waals surface area contributed by atoms with Gasteiger partial charge in [0, 0.05) is 25.9 Å². The van der Waals surface area contributed by atoms with Crippen molar-refractivity contribution >= 4 is 21.6 Å². The van der Waals surface area contributed by atoms with E-state index in [9.17, 15) is 4.79 Å². The Labute approximate surface area is 165 Å². The SMILES string of the molecule is CCOc1ccccc1Oc1ccc(CNc2cnn(C)c(=O)c2Br)cn1. The van der Waals surface area contributed by atoms with Crippen LogP contribution in [-0.4, -0.2) is 21.4 Å². The third kappa shape index (κ3) is 4.65. The van der Waals surface area contributed by atoms with Gasteiger partial charge in [-0.2, -0.15) is 5.10 Å². The smallest absolute Gasteiger partial charge is 0.282 e. The van der Waals surface area contributed by atoms with Crippen molar-refractivity contribution < 1.29 is 9.47 Å². The lowest BCUT2D eigenvalue weighted by Crippen LogP contribution is -2.21. The highest BCUT2D eigenvalue weighted by atomic mass is 79.9. The van der Waals surface area contributed by atoms with Crippen molar-refractivity contribution in [2.75, 3.05) is 11.9 Å². The number of aryl methyl sites for hydroxylation is 1. The van der Waals surface area contributed by atoms with Crippen molar-refractivity contribution in [1.82, 2.24) is 14.8 Å². The van der Waals surface area contributed by atoms with Gasteiger partial charge in [0.25, 0.3) is 5.56 Å². The molecule has 0 bridgehead atoms. The molecule has 27 heavy (non-hydrogen) atoms. The number of hydrogen-bond donors (Lipinski definition) is 1. The van der Waals surface area contributed by atoms with E-state index >= 15 is 0 Å². The number of rotatable bonds is 7. The molecule has 0 aliphatic carbocycles. The van der Waals surface area contributed by atoms with Crippen molar-refractivity contribution in [2.45, 2.75) is 13.5 Å². The fourth-order valence-corrected chi connectivity index (χ4v) is 2.83. The summed E-state index contributed by atoms with van der Waals surface area (Å²) in [6, 6.07) is 11.2. The molecule has 0 aliphatic heterocycles. The molecular formula is C19H19BrN4O3. The molecule has 0 spiro atoms. The number of pyridine rings is 1. The van der Waals surface area contributed by atoms with Gasteiger partial charge in [0.1, 0.15) is 4.47 Å². The lowest BCUT2D eigenvalue weighted by Gasteiger charge is -2.11. The second-order valence-corrected chi connectivity index (χ2v) is 6.43. The molecule has 1 aromatic carbocycles. The molecule has 3 rings (SSSR count). The normalized spacial score (nSPS) is 10.5. The lowest BCUT2D eigenvalue weighted by molar-refractivity contribution is 0.319. The second kappa shape index (κ2) is 8.68. The van der Waals surface area contributed by atoms with Crippen LogP contribution >= 0.6 is 15.9 Å². The molecule has 0 saturated heterocycles. The van der Waals surface area contributed by atoms with Gasteiger partial charge in [-0.1, -0.05) is 18.2 Å². The van der Waals surface area contributed by atoms with Crippen LogP contribution in [-0.2, 0) is 13.6 Å². The summed E-state index contributed by atoms with van der Waals surface area (Å²) in [7, 11) is 1.60. The van der Waals surface area contributed by atoms with Crippen LogP contribution in [0.25, 0.3) is 0 Å². The van der Waals surface area contributed by atoms with E-state index in [2.05, 4.69) is 31.3 Å². The maximum Gasteiger partial charge on any atom is 0.282 e. The number of nitrogens with zero attached hydrogens (tertiary/aromatic N) is 3. The van der Waals surface area contributed by atoms with Crippen molar-refractivity contribution in [2.24, 2.45) is 7.05 Å². The van der Waals surface area contributed by atoms with Crippen LogP contribution in [0.4, 0.5) is 5.69 Å². The average Bonchev–Trinajstić information content (AvgIpc) is 2.68. The number of halogens is 1. The van der Waals surface area contributed by atoms with E-state index < -0.39 is 0 Å². The monoisotopic (exact) mass is 430 g/mol. The largest absolute Gasteiger partial charge is 0.490 e. The number of para-hydroxylation sites is 2. The Morgan fingerprint density at radius 1 is 1.15 bits per heavy atom. The second-order valence-electron chi connectivity index (χ2n) is 5.64. The zero-order valence-corrected chi connectivity index (χ0v) is 16.6. The Bertz CT molecular complexity index is 973. The zero-order valence-electron chi connectivity index (χ0n) is 15.0. The first-order valence-corrected chi connectivity index (χ1v) is 9.18. The molecule has 0 unspecified atom stereocenters. The van der Waals surface area contributed by atoms with Crippen LogP contribution in [0.3, 0.4) is 0 Å². The van der Waals surface area contributed by atoms with Crippen LogP contribution in [0.15, 0.2) is 58.1 Å². The first-order valence-electron chi connectivity index (χ1n) is 8.38. The summed E-state index contributed by atoms with van der Waals surface area (Å²) in [6.07, 6.45) is 3.31.